The van der Waals surface area contributed by atoms with Gasteiger partial charge in [-0.1, -0.05) is 35.0 Å². The van der Waals surface area contributed by atoms with Gasteiger partial charge in [0.2, 0.25) is 0 Å². The van der Waals surface area contributed by atoms with Crippen LogP contribution in [-0.2, 0) is 19.6 Å². The molecule has 43 heavy (non-hydrogen) atoms. The number of likely N-dealkylation sites (tertiary alicyclic amines) is 1. The first-order chi connectivity index (χ1) is 21.1. The fourth-order valence-electron chi connectivity index (χ4n) is 5.79. The van der Waals surface area contributed by atoms with Gasteiger partial charge >= 0.3 is 0 Å². The molecule has 1 aliphatic carbocycles. The molecule has 1 N–H and O–H groups in total. The average molecular weight is 601 g/mol. The van der Waals surface area contributed by atoms with Crippen LogP contribution in [0.1, 0.15) is 42.4 Å². The van der Waals surface area contributed by atoms with Crippen LogP contribution >= 0.6 is 11.6 Å². The van der Waals surface area contributed by atoms with Crippen molar-refractivity contribution in [2.24, 2.45) is 15.2 Å². The van der Waals surface area contributed by atoms with Crippen molar-refractivity contribution >= 4 is 35.2 Å². The molecule has 1 aromatic heterocycles. The summed E-state index contributed by atoms with van der Waals surface area (Å²) in [5.74, 6) is 0.924. The van der Waals surface area contributed by atoms with E-state index in [2.05, 4.69) is 54.5 Å². The summed E-state index contributed by atoms with van der Waals surface area (Å²) in [5.41, 5.74) is 5.95. The molecule has 1 fully saturated rings. The second kappa shape index (κ2) is 13.5. The van der Waals surface area contributed by atoms with Crippen LogP contribution < -0.4 is 10.1 Å². The fraction of sp³-hybridized carbons (Fsp3) is 0.333. The third-order valence-corrected chi connectivity index (χ3v) is 8.30. The van der Waals surface area contributed by atoms with Gasteiger partial charge in [-0.25, -0.2) is 9.38 Å². The van der Waals surface area contributed by atoms with E-state index < -0.39 is 0 Å². The molecule has 0 saturated carbocycles. The summed E-state index contributed by atoms with van der Waals surface area (Å²) in [4.78, 5) is 22.7. The van der Waals surface area contributed by atoms with Crippen LogP contribution in [-0.4, -0.2) is 47.3 Å². The lowest BCUT2D eigenvalue weighted by Crippen LogP contribution is -2.26. The van der Waals surface area contributed by atoms with Crippen LogP contribution in [0.15, 0.2) is 87.7 Å². The summed E-state index contributed by atoms with van der Waals surface area (Å²) in [6.45, 7) is 3.58. The third-order valence-electron chi connectivity index (χ3n) is 8.01. The second-order valence-electron chi connectivity index (χ2n) is 11.1. The van der Waals surface area contributed by atoms with Gasteiger partial charge in [0.15, 0.2) is 0 Å². The molecule has 222 valence electrons. The van der Waals surface area contributed by atoms with Gasteiger partial charge in [0.25, 0.3) is 0 Å². The number of nitroso groups, excluding NO2 is 1. The maximum atomic E-state index is 13.5. The molecule has 0 spiro atoms. The number of allylic oxidation sites excluding steroid dienone is 3. The number of fused-ring (bicyclic) bond motifs is 1. The first-order valence-electron chi connectivity index (χ1n) is 14.7. The quantitative estimate of drug-likeness (QED) is 0.249. The Kier molecular flexibility index (Phi) is 9.10. The molecule has 1 unspecified atom stereocenters. The first kappa shape index (κ1) is 29.0. The zero-order valence-electron chi connectivity index (χ0n) is 23.9. The van der Waals surface area contributed by atoms with Crippen molar-refractivity contribution in [2.45, 2.75) is 51.3 Å². The van der Waals surface area contributed by atoms with E-state index in [9.17, 15) is 9.30 Å². The summed E-state index contributed by atoms with van der Waals surface area (Å²) >= 11 is 6.56. The van der Waals surface area contributed by atoms with E-state index in [1.165, 1.54) is 30.5 Å². The molecule has 1 saturated heterocycles. The highest BCUT2D eigenvalue weighted by molar-refractivity contribution is 6.32. The van der Waals surface area contributed by atoms with Crippen LogP contribution in [0.25, 0.3) is 5.70 Å². The van der Waals surface area contributed by atoms with E-state index in [-0.39, 0.29) is 25.0 Å². The normalized spacial score (nSPS) is 18.4. The highest BCUT2D eigenvalue weighted by Crippen LogP contribution is 2.31. The molecule has 0 bridgehead atoms. The van der Waals surface area contributed by atoms with E-state index in [1.54, 1.807) is 30.6 Å². The Labute approximate surface area is 255 Å². The van der Waals surface area contributed by atoms with Gasteiger partial charge in [0.05, 0.1) is 17.6 Å². The zero-order chi connectivity index (χ0) is 29.6. The Bertz CT molecular complexity index is 1600. The van der Waals surface area contributed by atoms with Gasteiger partial charge < -0.3 is 14.6 Å². The summed E-state index contributed by atoms with van der Waals surface area (Å²) in [7, 11) is 0. The maximum Gasteiger partial charge on any atom is 0.138 e. The molecule has 6 rings (SSSR count). The third kappa shape index (κ3) is 7.12. The Morgan fingerprint density at radius 1 is 1.12 bits per heavy atom. The predicted octanol–water partition coefficient (Wildman–Crippen LogP) is 7.25. The van der Waals surface area contributed by atoms with Crippen molar-refractivity contribution in [2.75, 3.05) is 25.0 Å². The van der Waals surface area contributed by atoms with Crippen LogP contribution in [0.3, 0.4) is 0 Å². The number of hydrogen-bond donors (Lipinski definition) is 1. The average Bonchev–Trinajstić information content (AvgIpc) is 3.60. The van der Waals surface area contributed by atoms with Crippen LogP contribution in [0.2, 0.25) is 5.02 Å². The highest BCUT2D eigenvalue weighted by atomic mass is 35.5. The lowest BCUT2D eigenvalue weighted by molar-refractivity contribution is 0.306. The Morgan fingerprint density at radius 3 is 2.79 bits per heavy atom. The van der Waals surface area contributed by atoms with Crippen molar-refractivity contribution in [1.29, 1.82) is 0 Å². The Hall–Kier alpha value is -4.08. The number of aliphatic imine (C=N–C) groups is 2. The Balaban J connectivity index is 1.20. The molecule has 3 aliphatic rings. The van der Waals surface area contributed by atoms with E-state index in [0.29, 0.717) is 23.0 Å². The lowest BCUT2D eigenvalue weighted by Gasteiger charge is -2.21. The molecule has 3 heterocycles. The fourth-order valence-corrected chi connectivity index (χ4v) is 6.03. The minimum Gasteiger partial charge on any atom is -0.487 e. The maximum absolute atomic E-state index is 13.5. The number of nitrogens with one attached hydrogen (secondary N) is 1. The number of rotatable bonds is 10. The second-order valence-corrected chi connectivity index (χ2v) is 11.5. The summed E-state index contributed by atoms with van der Waals surface area (Å²) in [5, 5.41) is 6.98. The van der Waals surface area contributed by atoms with Gasteiger partial charge in [0.1, 0.15) is 30.3 Å². The first-order valence-corrected chi connectivity index (χ1v) is 15.1. The summed E-state index contributed by atoms with van der Waals surface area (Å²) in [6.07, 6.45) is 15.2. The van der Waals surface area contributed by atoms with Crippen molar-refractivity contribution in [1.82, 2.24) is 9.47 Å². The van der Waals surface area contributed by atoms with Crippen molar-refractivity contribution < 1.29 is 9.13 Å². The molecule has 10 heteroatoms. The zero-order valence-corrected chi connectivity index (χ0v) is 24.6. The standard InChI is InChI=1S/C33H34ClFN6O2/c34-30-16-27(9-10-32(30)43-21-23-5-3-6-26(35)15-23)39-33-29-17-28(7-4-8-31(29)36-22-37-33)41-19-24(11-12-38-42)25(20-41)18-40-13-1-2-14-40/h3,5-7,9-10,15-17,19-20,22,31H,1-2,4,8,11-14,18,21H2,(H,36,37,39). The van der Waals surface area contributed by atoms with Crippen LogP contribution in [0.5, 0.6) is 5.75 Å². The number of halogens is 2. The largest absolute Gasteiger partial charge is 0.487 e. The van der Waals surface area contributed by atoms with E-state index >= 15 is 0 Å². The van der Waals surface area contributed by atoms with Gasteiger partial charge in [-0.2, -0.15) is 4.91 Å². The van der Waals surface area contributed by atoms with E-state index in [4.69, 9.17) is 16.3 Å². The lowest BCUT2D eigenvalue weighted by atomic mass is 10.0. The monoisotopic (exact) mass is 600 g/mol. The molecule has 8 nitrogen and oxygen atoms in total. The molecule has 1 atom stereocenters. The number of hydrogen-bond acceptors (Lipinski definition) is 7. The van der Waals surface area contributed by atoms with E-state index in [1.807, 2.05) is 6.07 Å². The minimum atomic E-state index is -0.303. The van der Waals surface area contributed by atoms with Gasteiger partial charge in [-0.05, 0) is 98.3 Å². The number of anilines is 1. The number of ether oxygens (including phenoxy) is 1. The highest BCUT2D eigenvalue weighted by Gasteiger charge is 2.24. The van der Waals surface area contributed by atoms with Gasteiger partial charge in [-0.15, -0.1) is 0 Å². The number of benzene rings is 2. The Morgan fingerprint density at radius 2 is 1.98 bits per heavy atom. The van der Waals surface area contributed by atoms with E-state index in [0.717, 1.165) is 60.6 Å². The molecule has 2 aliphatic heterocycles. The van der Waals surface area contributed by atoms with Gasteiger partial charge in [-0.3, -0.25) is 9.89 Å². The smallest absolute Gasteiger partial charge is 0.138 e. The van der Waals surface area contributed by atoms with Gasteiger partial charge in [0, 0.05) is 35.9 Å². The molecule has 2 aromatic carbocycles. The van der Waals surface area contributed by atoms with Crippen molar-refractivity contribution in [3.05, 3.63) is 105 Å². The molecule has 0 amide bonds. The van der Waals surface area contributed by atoms with Crippen molar-refractivity contribution in [3.8, 4) is 5.75 Å². The molecular weight excluding hydrogens is 567 g/mol. The number of aromatic nitrogens is 1. The topological polar surface area (TPSA) is 83.6 Å². The molecular formula is C33H34ClFN6O2. The van der Waals surface area contributed by atoms with Crippen LogP contribution in [0.4, 0.5) is 10.1 Å². The van der Waals surface area contributed by atoms with Crippen LogP contribution in [0, 0.1) is 10.7 Å². The summed E-state index contributed by atoms with van der Waals surface area (Å²) < 4.78 is 21.5. The molecule has 3 aromatic rings. The summed E-state index contributed by atoms with van der Waals surface area (Å²) in [6, 6.07) is 11.8. The molecule has 0 radical (unpaired) electrons. The predicted molar refractivity (Wildman–Crippen MR) is 170 cm³/mol. The van der Waals surface area contributed by atoms with Crippen molar-refractivity contribution in [3.63, 3.8) is 0 Å². The number of nitrogens with zero attached hydrogens (tertiary/aromatic N) is 5. The SMILES string of the molecule is O=NCCc1cn(C2=CCCC3N=CN=C(Nc4ccc(OCc5cccc(F)c5)c(Cl)c4)C3=C2)cc1CN1CCCC1. The number of amidine groups is 1. The minimum absolute atomic E-state index is 0.0172.